The van der Waals surface area contributed by atoms with Crippen molar-refractivity contribution in [2.45, 2.75) is 38.3 Å². The summed E-state index contributed by atoms with van der Waals surface area (Å²) in [5.74, 6) is -0.244. The fraction of sp³-hybridized carbons (Fsp3) is 0.308. The molecule has 2 amide bonds. The topological polar surface area (TPSA) is 80.1 Å². The van der Waals surface area contributed by atoms with Crippen molar-refractivity contribution < 1.29 is 9.59 Å². The predicted octanol–water partition coefficient (Wildman–Crippen LogP) is 4.19. The number of anilines is 2. The molecule has 3 heterocycles. The second-order valence-corrected chi connectivity index (χ2v) is 9.12. The highest BCUT2D eigenvalue weighted by atomic mass is 16.2. The van der Waals surface area contributed by atoms with Crippen LogP contribution in [0.4, 0.5) is 11.9 Å². The highest BCUT2D eigenvalue weighted by Gasteiger charge is 2.49. The van der Waals surface area contributed by atoms with Gasteiger partial charge in [0.2, 0.25) is 17.8 Å². The first kappa shape index (κ1) is 19.9. The minimum Gasteiger partial charge on any atom is -0.347 e. The maximum Gasteiger partial charge on any atom is 0.260 e. The Morgan fingerprint density at radius 1 is 0.879 bits per heavy atom. The van der Waals surface area contributed by atoms with Crippen molar-refractivity contribution in [2.24, 2.45) is 11.8 Å². The van der Waals surface area contributed by atoms with E-state index in [1.165, 1.54) is 16.0 Å². The van der Waals surface area contributed by atoms with Gasteiger partial charge >= 0.3 is 0 Å². The van der Waals surface area contributed by atoms with E-state index < -0.39 is 0 Å². The lowest BCUT2D eigenvalue weighted by Gasteiger charge is -2.31. The zero-order valence-electron chi connectivity index (χ0n) is 18.4. The standard InChI is InChI=1S/C26H25N5O2/c1-16-11-13-17(14-12-16)21-15-22(18-7-3-2-4-8-18)31-25(27-21)28-26(29-31)30-23(32)19-9-5-6-10-20(19)24(30)33/h2-8,11-14,19-22H,9-10,15H2,1H3,(H,27,28,29)/t19-,20+,21-,22-/m1/s1. The van der Waals surface area contributed by atoms with Crippen LogP contribution in [-0.2, 0) is 9.59 Å². The molecule has 4 atom stereocenters. The average molecular weight is 440 g/mol. The summed E-state index contributed by atoms with van der Waals surface area (Å²) in [4.78, 5) is 32.1. The third kappa shape index (κ3) is 3.26. The zero-order valence-corrected chi connectivity index (χ0v) is 18.4. The lowest BCUT2D eigenvalue weighted by molar-refractivity contribution is -0.122. The van der Waals surface area contributed by atoms with E-state index >= 15 is 0 Å². The van der Waals surface area contributed by atoms with E-state index in [9.17, 15) is 9.59 Å². The Morgan fingerprint density at radius 3 is 2.21 bits per heavy atom. The van der Waals surface area contributed by atoms with Crippen molar-refractivity contribution in [1.29, 1.82) is 0 Å². The number of aromatic nitrogens is 3. The molecule has 7 heteroatoms. The molecule has 1 aliphatic carbocycles. The van der Waals surface area contributed by atoms with Crippen LogP contribution >= 0.6 is 0 Å². The van der Waals surface area contributed by atoms with Gasteiger partial charge in [-0.2, -0.15) is 4.98 Å². The number of amides is 2. The molecule has 2 aromatic carbocycles. The van der Waals surface area contributed by atoms with Crippen molar-refractivity contribution in [3.8, 4) is 0 Å². The maximum atomic E-state index is 13.1. The van der Waals surface area contributed by atoms with Gasteiger partial charge in [0, 0.05) is 0 Å². The molecule has 0 unspecified atom stereocenters. The Morgan fingerprint density at radius 2 is 1.55 bits per heavy atom. The first-order chi connectivity index (χ1) is 16.1. The van der Waals surface area contributed by atoms with Gasteiger partial charge in [-0.1, -0.05) is 72.3 Å². The molecule has 1 fully saturated rings. The number of carbonyl (C=O) groups is 2. The van der Waals surface area contributed by atoms with E-state index in [-0.39, 0.29) is 41.7 Å². The summed E-state index contributed by atoms with van der Waals surface area (Å²) in [6.07, 6.45) is 5.95. The van der Waals surface area contributed by atoms with Crippen molar-refractivity contribution in [3.05, 3.63) is 83.4 Å². The first-order valence-electron chi connectivity index (χ1n) is 11.5. The molecule has 0 bridgehead atoms. The maximum absolute atomic E-state index is 13.1. The SMILES string of the molecule is Cc1ccc([C@H]2C[C@H](c3ccccc3)n3nc(N4C(=O)[C@H]5CC=CC[C@H]5C4=O)nc3N2)cc1. The van der Waals surface area contributed by atoms with Gasteiger partial charge in [0.25, 0.3) is 5.95 Å². The van der Waals surface area contributed by atoms with Crippen molar-refractivity contribution in [3.63, 3.8) is 0 Å². The van der Waals surface area contributed by atoms with Crippen LogP contribution in [0.1, 0.15) is 48.0 Å². The number of hydrogen-bond acceptors (Lipinski definition) is 5. The van der Waals surface area contributed by atoms with Crippen LogP contribution in [0, 0.1) is 18.8 Å². The summed E-state index contributed by atoms with van der Waals surface area (Å²) in [5, 5.41) is 8.19. The van der Waals surface area contributed by atoms with Crippen LogP contribution in [0.3, 0.4) is 0 Å². The molecular weight excluding hydrogens is 414 g/mol. The number of carbonyl (C=O) groups excluding carboxylic acids is 2. The summed E-state index contributed by atoms with van der Waals surface area (Å²) in [6, 6.07) is 18.6. The van der Waals surface area contributed by atoms with Gasteiger partial charge < -0.3 is 5.32 Å². The van der Waals surface area contributed by atoms with Crippen LogP contribution in [0.25, 0.3) is 0 Å². The smallest absolute Gasteiger partial charge is 0.260 e. The number of imide groups is 1. The Hall–Kier alpha value is -3.74. The van der Waals surface area contributed by atoms with Crippen LogP contribution in [0.5, 0.6) is 0 Å². The number of fused-ring (bicyclic) bond motifs is 2. The van der Waals surface area contributed by atoms with Crippen molar-refractivity contribution >= 4 is 23.7 Å². The lowest BCUT2D eigenvalue weighted by Crippen LogP contribution is -2.32. The van der Waals surface area contributed by atoms with Crippen LogP contribution in [-0.4, -0.2) is 26.6 Å². The van der Waals surface area contributed by atoms with Gasteiger partial charge in [-0.15, -0.1) is 5.10 Å². The minimum absolute atomic E-state index is 0.0390. The lowest BCUT2D eigenvalue weighted by atomic mass is 9.85. The third-order valence-corrected chi connectivity index (χ3v) is 7.05. The monoisotopic (exact) mass is 439 g/mol. The van der Waals surface area contributed by atoms with Crippen molar-refractivity contribution in [2.75, 3.05) is 10.2 Å². The van der Waals surface area contributed by atoms with Crippen molar-refractivity contribution in [1.82, 2.24) is 14.8 Å². The first-order valence-corrected chi connectivity index (χ1v) is 11.5. The van der Waals surface area contributed by atoms with E-state index in [0.29, 0.717) is 18.8 Å². The normalized spacial score (nSPS) is 26.2. The summed E-state index contributed by atoms with van der Waals surface area (Å²) in [5.41, 5.74) is 3.50. The Balaban J connectivity index is 1.40. The van der Waals surface area contributed by atoms with E-state index in [1.54, 1.807) is 0 Å². The summed E-state index contributed by atoms with van der Waals surface area (Å²) >= 11 is 0. The number of allylic oxidation sites excluding steroid dienone is 2. The molecule has 7 nitrogen and oxygen atoms in total. The summed E-state index contributed by atoms with van der Waals surface area (Å²) in [6.45, 7) is 2.07. The van der Waals surface area contributed by atoms with Gasteiger partial charge in [-0.05, 0) is 37.3 Å². The van der Waals surface area contributed by atoms with Crippen LogP contribution in [0.2, 0.25) is 0 Å². The second-order valence-electron chi connectivity index (χ2n) is 9.12. The number of rotatable bonds is 3. The molecule has 1 saturated heterocycles. The molecule has 2 aliphatic heterocycles. The second kappa shape index (κ2) is 7.69. The molecule has 6 rings (SSSR count). The molecule has 1 aromatic heterocycles. The Kier molecular flexibility index (Phi) is 4.64. The molecule has 33 heavy (non-hydrogen) atoms. The Labute approximate surface area is 192 Å². The van der Waals surface area contributed by atoms with E-state index in [2.05, 4.69) is 53.6 Å². The van der Waals surface area contributed by atoms with Gasteiger partial charge in [-0.25, -0.2) is 9.58 Å². The molecule has 0 saturated carbocycles. The average Bonchev–Trinajstić information content (AvgIpc) is 3.38. The van der Waals surface area contributed by atoms with Gasteiger partial charge in [0.05, 0.1) is 23.9 Å². The molecular formula is C26H25N5O2. The fourth-order valence-electron chi connectivity index (χ4n) is 5.23. The molecule has 3 aliphatic rings. The molecule has 166 valence electrons. The quantitative estimate of drug-likeness (QED) is 0.489. The van der Waals surface area contributed by atoms with Gasteiger partial charge in [0.1, 0.15) is 0 Å². The number of nitrogens with one attached hydrogen (secondary N) is 1. The highest BCUT2D eigenvalue weighted by molar-refractivity contribution is 6.21. The fourth-order valence-corrected chi connectivity index (χ4v) is 5.23. The summed E-state index contributed by atoms with van der Waals surface area (Å²) < 4.78 is 1.83. The minimum atomic E-state index is -0.304. The van der Waals surface area contributed by atoms with Gasteiger partial charge in [0.15, 0.2) is 0 Å². The molecule has 1 N–H and O–H groups in total. The van der Waals surface area contributed by atoms with E-state index in [4.69, 9.17) is 5.10 Å². The number of nitrogens with zero attached hydrogens (tertiary/aromatic N) is 4. The highest BCUT2D eigenvalue weighted by Crippen LogP contribution is 2.41. The predicted molar refractivity (Wildman–Crippen MR) is 125 cm³/mol. The number of hydrogen-bond donors (Lipinski definition) is 1. The largest absolute Gasteiger partial charge is 0.347 e. The molecule has 0 radical (unpaired) electrons. The van der Waals surface area contributed by atoms with Crippen LogP contribution in [0.15, 0.2) is 66.7 Å². The van der Waals surface area contributed by atoms with E-state index in [0.717, 1.165) is 12.0 Å². The number of benzene rings is 2. The molecule has 3 aromatic rings. The van der Waals surface area contributed by atoms with Gasteiger partial charge in [-0.3, -0.25) is 9.59 Å². The number of aryl methyl sites for hydroxylation is 1. The Bertz CT molecular complexity index is 1220. The third-order valence-electron chi connectivity index (χ3n) is 7.05. The van der Waals surface area contributed by atoms with Crippen LogP contribution < -0.4 is 10.2 Å². The van der Waals surface area contributed by atoms with E-state index in [1.807, 2.05) is 35.0 Å². The summed E-state index contributed by atoms with van der Waals surface area (Å²) in [7, 11) is 0. The zero-order chi connectivity index (χ0) is 22.5. The molecule has 0 spiro atoms.